The molecule has 0 aromatic rings. The van der Waals surface area contributed by atoms with Gasteiger partial charge in [-0.15, -0.1) is 0 Å². The van der Waals surface area contributed by atoms with Crippen molar-refractivity contribution in [3.05, 3.63) is 12.2 Å². The molecule has 69 heavy (non-hydrogen) atoms. The second kappa shape index (κ2) is 19.4. The van der Waals surface area contributed by atoms with Crippen molar-refractivity contribution in [3.63, 3.8) is 0 Å². The highest BCUT2D eigenvalue weighted by Gasteiger charge is 2.79. The number of carbonyl (C=O) groups excluding carboxylic acids is 1. The summed E-state index contributed by atoms with van der Waals surface area (Å²) in [6.45, 7) is 97.0. The number of hydrogen-bond donors (Lipinski definition) is 0. The molecule has 13 heteroatoms. The van der Waals surface area contributed by atoms with Gasteiger partial charge in [0.1, 0.15) is 0 Å². The van der Waals surface area contributed by atoms with Crippen LogP contribution in [0.4, 0.5) is 0 Å². The van der Waals surface area contributed by atoms with Crippen LogP contribution in [0, 0.1) is 0 Å². The van der Waals surface area contributed by atoms with E-state index in [1.165, 1.54) is 0 Å². The van der Waals surface area contributed by atoms with Crippen molar-refractivity contribution in [1.29, 1.82) is 0 Å². The lowest BCUT2D eigenvalue weighted by molar-refractivity contribution is -0.133. The van der Waals surface area contributed by atoms with E-state index in [0.29, 0.717) is 5.57 Å². The Labute approximate surface area is 439 Å². The van der Waals surface area contributed by atoms with Crippen LogP contribution in [0.2, 0.25) is 65.5 Å². The third-order valence-corrected chi connectivity index (χ3v) is 53.2. The molecule has 0 bridgehead atoms. The minimum Gasteiger partial charge on any atom is -0.490 e. The van der Waals surface area contributed by atoms with E-state index < -0.39 is 107 Å². The van der Waals surface area contributed by atoms with Crippen molar-refractivity contribution >= 4 is 57.1 Å². The van der Waals surface area contributed by atoms with Crippen LogP contribution in [0.5, 0.6) is 0 Å². The minimum atomic E-state index is -3.86. The molecule has 0 spiro atoms. The van der Waals surface area contributed by atoms with Crippen molar-refractivity contribution in [1.82, 2.24) is 0 Å². The molecule has 0 rings (SSSR count). The van der Waals surface area contributed by atoms with Gasteiger partial charge in [0.2, 0.25) is 0 Å². The average molecular weight is 1080 g/mol. The maximum absolute atomic E-state index is 14.2. The summed E-state index contributed by atoms with van der Waals surface area (Å²) in [5.41, 5.74) is 0.354. The van der Waals surface area contributed by atoms with Crippen LogP contribution in [-0.4, -0.2) is 57.1 Å². The Morgan fingerprint density at radius 2 is 0.406 bits per heavy atom. The van der Waals surface area contributed by atoms with Crippen molar-refractivity contribution in [2.24, 2.45) is 0 Å². The van der Waals surface area contributed by atoms with Gasteiger partial charge in [-0.25, -0.2) is 4.79 Å². The predicted octanol–water partition coefficient (Wildman–Crippen LogP) is 20.7. The van der Waals surface area contributed by atoms with E-state index in [0.717, 1.165) is 0 Å². The third kappa shape index (κ3) is 12.3. The van der Waals surface area contributed by atoms with Crippen molar-refractivity contribution in [2.75, 3.05) is 0 Å². The van der Waals surface area contributed by atoms with Gasteiger partial charge in [-0.2, -0.15) is 0 Å². The summed E-state index contributed by atoms with van der Waals surface area (Å²) in [4.78, 5) is 14.2. The summed E-state index contributed by atoms with van der Waals surface area (Å²) in [5, 5.41) is -5.67. The van der Waals surface area contributed by atoms with Crippen LogP contribution in [-0.2, 0) is 29.8 Å². The first-order valence-corrected chi connectivity index (χ1v) is 37.5. The van der Waals surface area contributed by atoms with E-state index in [1.807, 2.05) is 0 Å². The summed E-state index contributed by atoms with van der Waals surface area (Å²) >= 11 is 0. The molecule has 0 aliphatic carbocycles. The normalized spacial score (nSPS) is 16.5. The second-order valence-corrected chi connectivity index (χ2v) is 66.0. The highest BCUT2D eigenvalue weighted by molar-refractivity contribution is 6.99. The van der Waals surface area contributed by atoms with Gasteiger partial charge in [0, 0.05) is 56.0 Å². The molecule has 0 fully saturated rings. The van der Waals surface area contributed by atoms with E-state index in [9.17, 15) is 4.79 Å². The highest BCUT2D eigenvalue weighted by Crippen LogP contribution is 2.71. The molecule has 0 aliphatic heterocycles. The Morgan fingerprint density at radius 3 is 0.536 bits per heavy atom. The molecule has 0 saturated heterocycles. The quantitative estimate of drug-likeness (QED) is 0.142. The predicted molar refractivity (Wildman–Crippen MR) is 317 cm³/mol. The average Bonchev–Trinajstić information content (AvgIpc) is 2.96. The molecule has 0 aromatic carbocycles. The fraction of sp³-hybridized carbons (Fsp3) is 0.946. The standard InChI is InChI=1S/C56H122O7Si6/c1-42(2)43(57)58-65(47(12,13)14,48(15,16)17)60-67(51(24,25)26,52(27,28)29)62-69(55(36,37)38,56(39,40)41)63-68(53(30,31)32,54(33,34)35)61-66(49(18,19)20,50(21,22)23)59-64(44(3,4)5,45(6,7)8)46(9,10)11/h1H2,2-41H3. The fourth-order valence-electron chi connectivity index (χ4n) is 13.9. The van der Waals surface area contributed by atoms with E-state index in [-0.39, 0.29) is 15.1 Å². The van der Waals surface area contributed by atoms with Crippen LogP contribution >= 0.6 is 0 Å². The molecule has 7 nitrogen and oxygen atoms in total. The van der Waals surface area contributed by atoms with E-state index in [2.05, 4.69) is 277 Å². The first-order chi connectivity index (χ1) is 29.1. The van der Waals surface area contributed by atoms with Crippen molar-refractivity contribution in [3.8, 4) is 0 Å². The minimum absolute atomic E-state index is 0.166. The Bertz CT molecular complexity index is 1670. The summed E-state index contributed by atoms with van der Waals surface area (Å²) in [6.07, 6.45) is 0. The molecule has 0 amide bonds. The molecule has 412 valence electrons. The summed E-state index contributed by atoms with van der Waals surface area (Å²) in [7, 11) is -21.8. The zero-order chi connectivity index (χ0) is 56.9. The summed E-state index contributed by atoms with van der Waals surface area (Å²) in [6, 6.07) is 0. The largest absolute Gasteiger partial charge is 0.490 e. The Hall–Kier alpha value is 0.311. The molecule has 0 saturated carbocycles. The maximum atomic E-state index is 14.2. The lowest BCUT2D eigenvalue weighted by atomic mass is 10.2. The zero-order valence-electron chi connectivity index (χ0n) is 54.1. The van der Waals surface area contributed by atoms with Gasteiger partial charge in [-0.3, -0.25) is 0 Å². The SMILES string of the molecule is C=C(C)C(=O)O[Si](O[Si](O[Si](O[Si](O[Si](O[Si](C(C)(C)C)(C(C)(C)C)C(C)(C)C)(C(C)(C)C)C(C)(C)C)(C(C)(C)C)C(C)(C)C)(C(C)(C)C)C(C)(C)C)(C(C)(C)C)C(C)(C)C)(C(C)(C)C)C(C)(C)C. The van der Waals surface area contributed by atoms with Crippen LogP contribution in [0.15, 0.2) is 12.2 Å². The Kier molecular flexibility index (Phi) is 19.5. The second-order valence-electron chi connectivity index (χ2n) is 34.7. The summed E-state index contributed by atoms with van der Waals surface area (Å²) < 4.78 is 51.1. The van der Waals surface area contributed by atoms with Crippen LogP contribution < -0.4 is 0 Å². The first-order valence-electron chi connectivity index (χ1n) is 26.5. The first kappa shape index (κ1) is 69.3. The number of carbonyl (C=O) groups is 1. The fourth-order valence-corrected chi connectivity index (χ4v) is 69.2. The summed E-state index contributed by atoms with van der Waals surface area (Å²) in [5.74, 6) is -0.421. The molecule has 0 heterocycles. The van der Waals surface area contributed by atoms with E-state index in [4.69, 9.17) is 25.0 Å². The van der Waals surface area contributed by atoms with Crippen molar-refractivity contribution < 1.29 is 29.8 Å². The molecule has 0 N–H and O–H groups in total. The Balaban J connectivity index is 10.2. The van der Waals surface area contributed by atoms with Crippen LogP contribution in [0.1, 0.15) is 277 Å². The molecular formula is C56H122O7Si6. The van der Waals surface area contributed by atoms with Gasteiger partial charge in [0.25, 0.3) is 0 Å². The monoisotopic (exact) mass is 1070 g/mol. The topological polar surface area (TPSA) is 72.5 Å². The van der Waals surface area contributed by atoms with Gasteiger partial charge in [0.05, 0.1) is 0 Å². The zero-order valence-corrected chi connectivity index (χ0v) is 60.1. The lowest BCUT2D eigenvalue weighted by Gasteiger charge is -2.68. The van der Waals surface area contributed by atoms with E-state index >= 15 is 0 Å². The van der Waals surface area contributed by atoms with E-state index in [1.54, 1.807) is 6.92 Å². The van der Waals surface area contributed by atoms with Crippen molar-refractivity contribution in [2.45, 2.75) is 342 Å². The van der Waals surface area contributed by atoms with Gasteiger partial charge < -0.3 is 25.0 Å². The molecule has 0 unspecified atom stereocenters. The molecule has 0 aliphatic rings. The van der Waals surface area contributed by atoms with Gasteiger partial charge >= 0.3 is 48.8 Å². The lowest BCUT2D eigenvalue weighted by Crippen LogP contribution is -2.79. The third-order valence-electron chi connectivity index (χ3n) is 15.1. The highest BCUT2D eigenvalue weighted by atomic mass is 28.5. The van der Waals surface area contributed by atoms with Gasteiger partial charge in [-0.1, -0.05) is 277 Å². The molecule has 0 aromatic heterocycles. The van der Waals surface area contributed by atoms with Crippen LogP contribution in [0.3, 0.4) is 0 Å². The van der Waals surface area contributed by atoms with Gasteiger partial charge in [0.15, 0.2) is 8.32 Å². The molecule has 0 radical (unpaired) electrons. The maximum Gasteiger partial charge on any atom is 0.404 e. The Morgan fingerprint density at radius 1 is 0.261 bits per heavy atom. The smallest absolute Gasteiger partial charge is 0.404 e. The molecular weight excluding hydrogens is 953 g/mol. The van der Waals surface area contributed by atoms with Gasteiger partial charge in [-0.05, 0) is 22.0 Å². The van der Waals surface area contributed by atoms with Crippen LogP contribution in [0.25, 0.3) is 0 Å². The molecule has 0 atom stereocenters. The number of hydrogen-bond acceptors (Lipinski definition) is 7. The number of rotatable bonds is 12.